The van der Waals surface area contributed by atoms with E-state index in [-0.39, 0.29) is 17.2 Å². The fourth-order valence-electron chi connectivity index (χ4n) is 5.45. The van der Waals surface area contributed by atoms with Crippen molar-refractivity contribution < 1.29 is 14.5 Å². The molecule has 0 aliphatic heterocycles. The quantitative estimate of drug-likeness (QED) is 0.216. The number of hydrogen-bond acceptors (Lipinski definition) is 2. The van der Waals surface area contributed by atoms with Crippen LogP contribution >= 0.6 is 0 Å². The van der Waals surface area contributed by atoms with Crippen LogP contribution in [0.2, 0.25) is 0 Å². The number of rotatable bonds is 3. The smallest absolute Gasteiger partial charge is 0.216 e. The molecule has 0 atom stereocenters. The highest BCUT2D eigenvalue weighted by Gasteiger charge is 2.23. The first-order chi connectivity index (χ1) is 20.8. The molecule has 3 nitrogen and oxygen atoms in total. The van der Waals surface area contributed by atoms with Crippen LogP contribution in [0.25, 0.3) is 55.4 Å². The van der Waals surface area contributed by atoms with Gasteiger partial charge in [0.2, 0.25) is 5.69 Å². The van der Waals surface area contributed by atoms with Gasteiger partial charge >= 0.3 is 0 Å². The largest absolute Gasteiger partial charge is 0.454 e. The highest BCUT2D eigenvalue weighted by atomic mass is 16.3. The molecule has 0 radical (unpaired) electrons. The van der Waals surface area contributed by atoms with Crippen LogP contribution in [0.5, 0.6) is 0 Å². The molecule has 196 valence electrons. The molecular weight excluding hydrogens is 488 g/mol. The molecule has 0 saturated heterocycles. The number of benzene rings is 4. The lowest BCUT2D eigenvalue weighted by atomic mass is 9.86. The van der Waals surface area contributed by atoms with Crippen LogP contribution in [0, 0.1) is 25.1 Å². The van der Waals surface area contributed by atoms with E-state index in [1.807, 2.05) is 43.3 Å². The molecule has 0 amide bonds. The molecule has 0 fully saturated rings. The van der Waals surface area contributed by atoms with Gasteiger partial charge < -0.3 is 4.42 Å². The second kappa shape index (κ2) is 9.50. The second-order valence-electron chi connectivity index (χ2n) is 11.4. The van der Waals surface area contributed by atoms with Crippen molar-refractivity contribution in [3.05, 3.63) is 113 Å². The number of fused-ring (bicyclic) bond motifs is 3. The van der Waals surface area contributed by atoms with Gasteiger partial charge in [-0.15, -0.1) is 0 Å². The van der Waals surface area contributed by atoms with E-state index in [0.29, 0.717) is 28.0 Å². The lowest BCUT2D eigenvalue weighted by molar-refractivity contribution is -0.660. The standard InChI is InChI=1S/C37H33N2O/c1-23-19-20-39(6)32(21-23)33-24(2)7-17-30-31-18-14-28(22-38)34(36(31)40-35(30)33)27-10-8-25(9-11-27)26-12-15-29(16-13-26)37(3,4)5/h7-21H,1-6H3/q+1/i1D3,20D. The maximum Gasteiger partial charge on any atom is 0.216 e. The number of hydrogen-bond donors (Lipinski definition) is 0. The number of aryl methyl sites for hydroxylation is 2. The van der Waals surface area contributed by atoms with E-state index in [4.69, 9.17) is 9.90 Å². The van der Waals surface area contributed by atoms with Crippen molar-refractivity contribution in [2.45, 2.75) is 40.0 Å². The zero-order valence-electron chi connectivity index (χ0n) is 27.4. The highest BCUT2D eigenvalue weighted by Crippen LogP contribution is 2.42. The van der Waals surface area contributed by atoms with Gasteiger partial charge in [-0.1, -0.05) is 81.4 Å². The summed E-state index contributed by atoms with van der Waals surface area (Å²) in [4.78, 5) is 0. The summed E-state index contributed by atoms with van der Waals surface area (Å²) in [5, 5.41) is 11.8. The summed E-state index contributed by atoms with van der Waals surface area (Å²) in [6.45, 7) is 6.19. The van der Waals surface area contributed by atoms with Crippen LogP contribution in [-0.4, -0.2) is 0 Å². The molecule has 0 unspecified atom stereocenters. The summed E-state index contributed by atoms with van der Waals surface area (Å²) in [6, 6.07) is 29.8. The molecule has 0 bridgehead atoms. The SMILES string of the molecule is [2H]c1cc(C([2H])([2H])[2H])cc(-c2c(C)ccc3c2oc2c(-c4ccc(-c5ccc(C(C)(C)C)cc5)cc4)c(C#N)ccc23)[n+]1C. The van der Waals surface area contributed by atoms with Crippen LogP contribution in [0.4, 0.5) is 0 Å². The molecule has 0 N–H and O–H groups in total. The van der Waals surface area contributed by atoms with E-state index in [2.05, 4.69) is 63.2 Å². The molecular formula is C37H33N2O+. The Morgan fingerprint density at radius 1 is 0.800 bits per heavy atom. The van der Waals surface area contributed by atoms with Crippen molar-refractivity contribution in [1.29, 1.82) is 5.26 Å². The van der Waals surface area contributed by atoms with Gasteiger partial charge in [0, 0.05) is 32.6 Å². The summed E-state index contributed by atoms with van der Waals surface area (Å²) < 4.78 is 40.7. The van der Waals surface area contributed by atoms with Gasteiger partial charge in [0.05, 0.1) is 17.2 Å². The van der Waals surface area contributed by atoms with Crippen LogP contribution < -0.4 is 4.57 Å². The highest BCUT2D eigenvalue weighted by molar-refractivity contribution is 6.14. The van der Waals surface area contributed by atoms with Gasteiger partial charge in [-0.3, -0.25) is 0 Å². The Bertz CT molecular complexity index is 2110. The third-order valence-electron chi connectivity index (χ3n) is 7.72. The third kappa shape index (κ3) is 4.27. The average molecular weight is 526 g/mol. The van der Waals surface area contributed by atoms with Crippen molar-refractivity contribution in [1.82, 2.24) is 0 Å². The fourth-order valence-corrected chi connectivity index (χ4v) is 5.45. The predicted molar refractivity (Wildman–Crippen MR) is 164 cm³/mol. The molecule has 0 saturated carbocycles. The van der Waals surface area contributed by atoms with E-state index < -0.39 is 6.85 Å². The normalized spacial score (nSPS) is 13.5. The number of furan rings is 1. The van der Waals surface area contributed by atoms with E-state index in [1.165, 1.54) is 11.6 Å². The molecule has 2 aromatic heterocycles. The Morgan fingerprint density at radius 2 is 1.40 bits per heavy atom. The van der Waals surface area contributed by atoms with Crippen molar-refractivity contribution >= 4 is 21.9 Å². The Balaban J connectivity index is 1.54. The maximum absolute atomic E-state index is 10.1. The Hall–Kier alpha value is -4.68. The summed E-state index contributed by atoms with van der Waals surface area (Å²) in [5.41, 5.74) is 9.10. The molecule has 3 heteroatoms. The van der Waals surface area contributed by atoms with Gasteiger partial charge in [0.15, 0.2) is 6.17 Å². The minimum Gasteiger partial charge on any atom is -0.454 e. The predicted octanol–water partition coefficient (Wildman–Crippen LogP) is 9.20. The van der Waals surface area contributed by atoms with Crippen molar-refractivity contribution in [3.63, 3.8) is 0 Å². The zero-order chi connectivity index (χ0) is 31.6. The minimum absolute atomic E-state index is 0.0822. The first kappa shape index (κ1) is 21.2. The van der Waals surface area contributed by atoms with Crippen molar-refractivity contribution in [2.24, 2.45) is 7.05 Å². The van der Waals surface area contributed by atoms with E-state index in [1.54, 1.807) is 17.7 Å². The van der Waals surface area contributed by atoms with Gasteiger partial charge in [-0.05, 0) is 64.7 Å². The summed E-state index contributed by atoms with van der Waals surface area (Å²) in [6.07, 6.45) is 0.0849. The number of nitrogens with zero attached hydrogens (tertiary/aromatic N) is 2. The Labute approximate surface area is 241 Å². The number of nitriles is 1. The second-order valence-corrected chi connectivity index (χ2v) is 11.4. The zero-order valence-corrected chi connectivity index (χ0v) is 23.4. The summed E-state index contributed by atoms with van der Waals surface area (Å²) >= 11 is 0. The average Bonchev–Trinajstić information content (AvgIpc) is 3.36. The minimum atomic E-state index is -2.36. The first-order valence-corrected chi connectivity index (χ1v) is 13.4. The fraction of sp³-hybridized carbons (Fsp3) is 0.189. The molecule has 0 spiro atoms. The lowest BCUT2D eigenvalue weighted by Crippen LogP contribution is -2.30. The first-order valence-electron chi connectivity index (χ1n) is 15.4. The number of aromatic nitrogens is 1. The molecule has 4 aromatic carbocycles. The molecule has 0 aliphatic rings. The van der Waals surface area contributed by atoms with E-state index in [0.717, 1.165) is 38.6 Å². The topological polar surface area (TPSA) is 40.8 Å². The molecule has 0 aliphatic carbocycles. The van der Waals surface area contributed by atoms with Crippen molar-refractivity contribution in [3.8, 4) is 39.6 Å². The van der Waals surface area contributed by atoms with Gasteiger partial charge in [0.25, 0.3) is 0 Å². The van der Waals surface area contributed by atoms with Crippen molar-refractivity contribution in [2.75, 3.05) is 0 Å². The summed E-state index contributed by atoms with van der Waals surface area (Å²) in [7, 11) is 1.75. The Kier molecular flexibility index (Phi) is 5.03. The van der Waals surface area contributed by atoms with Gasteiger partial charge in [-0.2, -0.15) is 5.26 Å². The Morgan fingerprint density at radius 3 is 2.02 bits per heavy atom. The lowest BCUT2D eigenvalue weighted by Gasteiger charge is -2.19. The van der Waals surface area contributed by atoms with Crippen LogP contribution in [0.3, 0.4) is 0 Å². The molecule has 6 rings (SSSR count). The summed E-state index contributed by atoms with van der Waals surface area (Å²) in [5.74, 6) is 0. The maximum atomic E-state index is 10.1. The van der Waals surface area contributed by atoms with E-state index in [9.17, 15) is 5.26 Å². The monoisotopic (exact) mass is 525 g/mol. The molecule has 40 heavy (non-hydrogen) atoms. The number of pyridine rings is 1. The van der Waals surface area contributed by atoms with E-state index >= 15 is 0 Å². The molecule has 2 heterocycles. The van der Waals surface area contributed by atoms with Crippen LogP contribution in [-0.2, 0) is 12.5 Å². The van der Waals surface area contributed by atoms with Crippen LogP contribution in [0.1, 0.15) is 48.5 Å². The third-order valence-corrected chi connectivity index (χ3v) is 7.72. The van der Waals surface area contributed by atoms with Gasteiger partial charge in [0.1, 0.15) is 19.6 Å². The van der Waals surface area contributed by atoms with Gasteiger partial charge in [-0.25, -0.2) is 4.57 Å². The molecule has 6 aromatic rings. The van der Waals surface area contributed by atoms with Crippen LogP contribution in [0.15, 0.2) is 95.5 Å².